The van der Waals surface area contributed by atoms with Gasteiger partial charge >= 0.3 is 5.97 Å². The Kier molecular flexibility index (Phi) is 7.25. The van der Waals surface area contributed by atoms with Crippen molar-refractivity contribution >= 4 is 45.9 Å². The fraction of sp³-hybridized carbons (Fsp3) is 0.320. The van der Waals surface area contributed by atoms with Crippen molar-refractivity contribution in [1.82, 2.24) is 24.5 Å². The van der Waals surface area contributed by atoms with Gasteiger partial charge in [0.25, 0.3) is 0 Å². The average molecular weight is 571 g/mol. The van der Waals surface area contributed by atoms with Crippen molar-refractivity contribution in [2.45, 2.75) is 36.1 Å². The molecular weight excluding hydrogens is 548 g/mol. The van der Waals surface area contributed by atoms with E-state index >= 15 is 0 Å². The summed E-state index contributed by atoms with van der Waals surface area (Å²) >= 11 is 7.28. The third-order valence-electron chi connectivity index (χ3n) is 6.62. The van der Waals surface area contributed by atoms with Gasteiger partial charge in [0.1, 0.15) is 12.2 Å². The molecule has 0 unspecified atom stereocenters. The third kappa shape index (κ3) is 4.61. The Morgan fingerprint density at radius 1 is 1.36 bits per heavy atom. The number of aromatic nitrogens is 5. The number of aliphatic hydroxyl groups is 2. The Balaban J connectivity index is 1.49. The predicted molar refractivity (Wildman–Crippen MR) is 141 cm³/mol. The quantitative estimate of drug-likeness (QED) is 0.171. The Hall–Kier alpha value is -3.64. The molecule has 1 saturated heterocycles. The highest BCUT2D eigenvalue weighted by molar-refractivity contribution is 7.07. The molecule has 5 rings (SSSR count). The summed E-state index contributed by atoms with van der Waals surface area (Å²) in [5, 5.41) is 37.2. The molecule has 0 bridgehead atoms. The maximum atomic E-state index is 12.7. The smallest absolute Gasteiger partial charge is 0.342 e. The minimum Gasteiger partial charge on any atom is -0.479 e. The van der Waals surface area contributed by atoms with Gasteiger partial charge in [0.05, 0.1) is 24.1 Å². The summed E-state index contributed by atoms with van der Waals surface area (Å²) in [6.45, 7) is -0.491. The molecule has 5 atom stereocenters. The first-order valence-electron chi connectivity index (χ1n) is 11.6. The number of hydrogen-bond acceptors (Lipinski definition) is 11. The van der Waals surface area contributed by atoms with E-state index in [1.54, 1.807) is 36.7 Å². The van der Waals surface area contributed by atoms with Gasteiger partial charge in [-0.3, -0.25) is 4.57 Å². The van der Waals surface area contributed by atoms with Gasteiger partial charge in [0.15, 0.2) is 28.8 Å². The zero-order valence-electron chi connectivity index (χ0n) is 20.4. The number of carbonyl (C=O) groups is 1. The second kappa shape index (κ2) is 10.5. The zero-order chi connectivity index (χ0) is 27.8. The van der Waals surface area contributed by atoms with Gasteiger partial charge in [0, 0.05) is 18.8 Å². The topological polar surface area (TPSA) is 165 Å². The molecule has 4 heterocycles. The van der Waals surface area contributed by atoms with Gasteiger partial charge in [-0.15, -0.1) is 17.8 Å². The minimum absolute atomic E-state index is 0.0610. The summed E-state index contributed by atoms with van der Waals surface area (Å²) in [5.74, 6) is 1.26. The number of carboxylic acids is 1. The summed E-state index contributed by atoms with van der Waals surface area (Å²) in [7, 11) is 1.63. The molecule has 4 aromatic rings. The first kappa shape index (κ1) is 26.9. The van der Waals surface area contributed by atoms with Crippen molar-refractivity contribution in [3.8, 4) is 12.3 Å². The lowest BCUT2D eigenvalue weighted by atomic mass is 9.90. The highest BCUT2D eigenvalue weighted by Gasteiger charge is 2.57. The molecule has 0 radical (unpaired) electrons. The zero-order valence-corrected chi connectivity index (χ0v) is 22.0. The third-order valence-corrected chi connectivity index (χ3v) is 7.38. The molecule has 0 spiro atoms. The average Bonchev–Trinajstić information content (AvgIpc) is 3.67. The first-order chi connectivity index (χ1) is 18.7. The van der Waals surface area contributed by atoms with E-state index in [-0.39, 0.29) is 23.0 Å². The van der Waals surface area contributed by atoms with E-state index in [1.165, 1.54) is 27.7 Å². The number of nitrogens with one attached hydrogen (secondary N) is 1. The molecule has 0 amide bonds. The van der Waals surface area contributed by atoms with Crippen LogP contribution in [0.5, 0.6) is 0 Å². The molecular formula is C25H23ClN6O6S. The van der Waals surface area contributed by atoms with Crippen LogP contribution in [0.3, 0.4) is 0 Å². The summed E-state index contributed by atoms with van der Waals surface area (Å²) in [4.78, 5) is 29.5. The van der Waals surface area contributed by atoms with E-state index in [4.69, 9.17) is 27.5 Å². The number of nitrogens with zero attached hydrogens (tertiary/aromatic N) is 5. The van der Waals surface area contributed by atoms with Crippen molar-refractivity contribution in [3.05, 3.63) is 64.1 Å². The van der Waals surface area contributed by atoms with Crippen LogP contribution in [-0.4, -0.2) is 77.3 Å². The number of aliphatic hydroxyl groups excluding tert-OH is 1. The van der Waals surface area contributed by atoms with E-state index in [0.717, 1.165) is 0 Å². The normalized spacial score (nSPS) is 24.3. The fourth-order valence-corrected chi connectivity index (χ4v) is 5.32. The van der Waals surface area contributed by atoms with Crippen LogP contribution in [0.15, 0.2) is 47.5 Å². The van der Waals surface area contributed by atoms with Crippen molar-refractivity contribution in [2.75, 3.05) is 19.0 Å². The number of anilines is 1. The molecule has 1 aliphatic heterocycles. The Labute approximate surface area is 231 Å². The molecule has 3 aromatic heterocycles. The Bertz CT molecular complexity index is 1530. The van der Waals surface area contributed by atoms with Crippen molar-refractivity contribution in [2.24, 2.45) is 0 Å². The van der Waals surface area contributed by atoms with Gasteiger partial charge < -0.3 is 30.1 Å². The Morgan fingerprint density at radius 2 is 2.13 bits per heavy atom. The number of carboxylic acid groups (broad SMARTS) is 1. The van der Waals surface area contributed by atoms with E-state index < -0.39 is 42.2 Å². The predicted octanol–water partition coefficient (Wildman–Crippen LogP) is 1.84. The number of halogens is 1. The lowest BCUT2D eigenvalue weighted by Crippen LogP contribution is -2.50. The molecule has 1 fully saturated rings. The van der Waals surface area contributed by atoms with Crippen LogP contribution >= 0.6 is 22.9 Å². The number of fused-ring (bicyclic) bond motifs is 1. The van der Waals surface area contributed by atoms with Crippen molar-refractivity contribution in [1.29, 1.82) is 0 Å². The van der Waals surface area contributed by atoms with Crippen LogP contribution in [0.2, 0.25) is 5.28 Å². The van der Waals surface area contributed by atoms with Gasteiger partial charge in [-0.05, 0) is 17.2 Å². The monoisotopic (exact) mass is 570 g/mol. The molecule has 14 heteroatoms. The van der Waals surface area contributed by atoms with Gasteiger partial charge in [-0.1, -0.05) is 36.3 Å². The number of terminal acetylenes is 1. The first-order valence-corrected chi connectivity index (χ1v) is 13.0. The highest BCUT2D eigenvalue weighted by Crippen LogP contribution is 2.40. The highest BCUT2D eigenvalue weighted by atomic mass is 35.5. The summed E-state index contributed by atoms with van der Waals surface area (Å²) in [5.41, 5.74) is -1.24. The number of thiazole rings is 1. The number of aliphatic carboxylic acids is 1. The molecule has 1 aromatic carbocycles. The lowest BCUT2D eigenvalue weighted by molar-refractivity contribution is -0.179. The molecule has 4 N–H and O–H groups in total. The number of benzene rings is 1. The number of imidazole rings is 1. The Morgan fingerprint density at radius 3 is 2.77 bits per heavy atom. The van der Waals surface area contributed by atoms with Crippen LogP contribution < -0.4 is 5.32 Å². The van der Waals surface area contributed by atoms with Crippen LogP contribution in [0.1, 0.15) is 17.5 Å². The fourth-order valence-electron chi connectivity index (χ4n) is 4.54. The maximum absolute atomic E-state index is 12.7. The lowest BCUT2D eigenvalue weighted by Gasteiger charge is -2.32. The largest absolute Gasteiger partial charge is 0.479 e. The number of hydrogen-bond donors (Lipinski definition) is 4. The molecule has 202 valence electrons. The molecule has 12 nitrogen and oxygen atoms in total. The maximum Gasteiger partial charge on any atom is 0.342 e. The summed E-state index contributed by atoms with van der Waals surface area (Å²) in [6, 6.07) is 8.92. The second-order valence-corrected chi connectivity index (χ2v) is 9.88. The second-order valence-electron chi connectivity index (χ2n) is 8.82. The number of rotatable bonds is 9. The van der Waals surface area contributed by atoms with E-state index in [0.29, 0.717) is 16.9 Å². The van der Waals surface area contributed by atoms with Gasteiger partial charge in [0.2, 0.25) is 10.9 Å². The van der Waals surface area contributed by atoms with Gasteiger partial charge in [-0.25, -0.2) is 14.8 Å². The van der Waals surface area contributed by atoms with Crippen molar-refractivity contribution in [3.63, 3.8) is 0 Å². The van der Waals surface area contributed by atoms with Crippen LogP contribution in [0.4, 0.5) is 5.82 Å². The molecule has 1 aliphatic rings. The SMILES string of the molecule is C#C[C@@]1(O)[C@@H](CO[C@@](Cc2ccccc2)(C(=O)O)c2cscn2)O[C@@H](n2cnc3c(NC)nc(Cl)nc32)[C@@H]1O. The summed E-state index contributed by atoms with van der Waals surface area (Å²) < 4.78 is 13.4. The molecule has 0 saturated carbocycles. The van der Waals surface area contributed by atoms with Crippen LogP contribution in [-0.2, 0) is 26.3 Å². The van der Waals surface area contributed by atoms with E-state index in [1.807, 2.05) is 6.07 Å². The van der Waals surface area contributed by atoms with Crippen LogP contribution in [0.25, 0.3) is 11.2 Å². The number of ether oxygens (including phenoxy) is 2. The molecule has 0 aliphatic carbocycles. The van der Waals surface area contributed by atoms with Crippen LogP contribution in [0, 0.1) is 12.3 Å². The van der Waals surface area contributed by atoms with E-state index in [9.17, 15) is 20.1 Å². The van der Waals surface area contributed by atoms with Gasteiger partial charge in [-0.2, -0.15) is 9.97 Å². The van der Waals surface area contributed by atoms with E-state index in [2.05, 4.69) is 31.2 Å². The minimum atomic E-state index is -2.25. The summed E-state index contributed by atoms with van der Waals surface area (Å²) in [6.07, 6.45) is 2.69. The standard InChI is InChI=1S/C25H23ClN6O6S/c1-3-24(36)16(38-21(18(24)33)32-12-28-17-19(27-2)30-23(26)31-20(17)32)10-37-25(22(34)35,15-11-39-13-29-15)9-14-7-5-4-6-8-14/h1,4-8,11-13,16,18,21,33,36H,9-10H2,2H3,(H,34,35)(H,27,30,31)/t16-,18+,21-,24-,25-/m1/s1. The van der Waals surface area contributed by atoms with Crippen molar-refractivity contribution < 1.29 is 29.6 Å². The molecule has 39 heavy (non-hydrogen) atoms.